The van der Waals surface area contributed by atoms with E-state index in [0.29, 0.717) is 23.1 Å². The Balaban J connectivity index is 1.88. The van der Waals surface area contributed by atoms with Crippen molar-refractivity contribution >= 4 is 11.7 Å². The number of likely N-dealkylation sites (tertiary alicyclic amines) is 1. The second-order valence-electron chi connectivity index (χ2n) is 5.02. The van der Waals surface area contributed by atoms with Crippen LogP contribution < -0.4 is 5.32 Å². The van der Waals surface area contributed by atoms with Crippen LogP contribution in [0.1, 0.15) is 24.3 Å². The first kappa shape index (κ1) is 13.9. The van der Waals surface area contributed by atoms with E-state index in [9.17, 15) is 4.79 Å². The van der Waals surface area contributed by atoms with Crippen molar-refractivity contribution in [3.63, 3.8) is 0 Å². The summed E-state index contributed by atoms with van der Waals surface area (Å²) in [6.45, 7) is 5.92. The van der Waals surface area contributed by atoms with Gasteiger partial charge in [-0.1, -0.05) is 5.16 Å². The molecule has 19 heavy (non-hydrogen) atoms. The zero-order valence-electron chi connectivity index (χ0n) is 11.7. The van der Waals surface area contributed by atoms with Crippen molar-refractivity contribution < 1.29 is 14.1 Å². The number of piperidine rings is 1. The van der Waals surface area contributed by atoms with Crippen molar-refractivity contribution in [2.24, 2.45) is 5.92 Å². The molecule has 0 spiro atoms. The third-order valence-electron chi connectivity index (χ3n) is 3.57. The molecule has 2 heterocycles. The summed E-state index contributed by atoms with van der Waals surface area (Å²) in [4.78, 5) is 14.0. The fourth-order valence-corrected chi connectivity index (χ4v) is 2.39. The number of ether oxygens (including phenoxy) is 1. The standard InChI is InChI=1S/C13H21N3O3/c1-9-12(10(2)19-15-9)14-13(17)16-6-4-11(5-7-16)8-18-3/h11H,4-8H2,1-3H3,(H,14,17). The maximum Gasteiger partial charge on any atom is 0.321 e. The van der Waals surface area contributed by atoms with E-state index in [2.05, 4.69) is 10.5 Å². The first-order chi connectivity index (χ1) is 9.11. The highest BCUT2D eigenvalue weighted by Crippen LogP contribution is 2.21. The van der Waals surface area contributed by atoms with Gasteiger partial charge in [-0.3, -0.25) is 0 Å². The van der Waals surface area contributed by atoms with Gasteiger partial charge in [-0.25, -0.2) is 4.79 Å². The summed E-state index contributed by atoms with van der Waals surface area (Å²) in [6.07, 6.45) is 1.98. The Hall–Kier alpha value is -1.56. The van der Waals surface area contributed by atoms with Crippen LogP contribution in [0.4, 0.5) is 10.5 Å². The Morgan fingerprint density at radius 1 is 1.47 bits per heavy atom. The number of nitrogens with zero attached hydrogens (tertiary/aromatic N) is 2. The number of carbonyl (C=O) groups excluding carboxylic acids is 1. The minimum absolute atomic E-state index is 0.0785. The van der Waals surface area contributed by atoms with Gasteiger partial charge in [-0.15, -0.1) is 0 Å². The molecule has 106 valence electrons. The molecular weight excluding hydrogens is 246 g/mol. The molecular formula is C13H21N3O3. The predicted octanol–water partition coefficient (Wildman–Crippen LogP) is 2.18. The van der Waals surface area contributed by atoms with Crippen molar-refractivity contribution in [3.8, 4) is 0 Å². The van der Waals surface area contributed by atoms with Crippen LogP contribution in [0.5, 0.6) is 0 Å². The number of amides is 2. The molecule has 1 aliphatic rings. The summed E-state index contributed by atoms with van der Waals surface area (Å²) in [5, 5.41) is 6.70. The number of nitrogens with one attached hydrogen (secondary N) is 1. The van der Waals surface area contributed by atoms with E-state index >= 15 is 0 Å². The van der Waals surface area contributed by atoms with Crippen LogP contribution in [-0.2, 0) is 4.74 Å². The largest absolute Gasteiger partial charge is 0.384 e. The third-order valence-corrected chi connectivity index (χ3v) is 3.57. The molecule has 6 heteroatoms. The van der Waals surface area contributed by atoms with Crippen LogP contribution in [0.25, 0.3) is 0 Å². The molecule has 0 unspecified atom stereocenters. The molecule has 1 aromatic heterocycles. The topological polar surface area (TPSA) is 67.6 Å². The van der Waals surface area contributed by atoms with Gasteiger partial charge in [-0.2, -0.15) is 0 Å². The monoisotopic (exact) mass is 267 g/mol. The smallest absolute Gasteiger partial charge is 0.321 e. The molecule has 0 atom stereocenters. The van der Waals surface area contributed by atoms with Gasteiger partial charge in [0.1, 0.15) is 11.4 Å². The molecule has 2 amide bonds. The number of aromatic nitrogens is 1. The quantitative estimate of drug-likeness (QED) is 0.911. The zero-order chi connectivity index (χ0) is 13.8. The van der Waals surface area contributed by atoms with E-state index in [0.717, 1.165) is 32.5 Å². The average Bonchev–Trinajstić information content (AvgIpc) is 2.72. The molecule has 0 aromatic carbocycles. The lowest BCUT2D eigenvalue weighted by atomic mass is 9.98. The Labute approximate surface area is 113 Å². The van der Waals surface area contributed by atoms with Crippen LogP contribution in [0.3, 0.4) is 0 Å². The summed E-state index contributed by atoms with van der Waals surface area (Å²) in [7, 11) is 1.72. The van der Waals surface area contributed by atoms with Gasteiger partial charge in [-0.05, 0) is 32.6 Å². The molecule has 6 nitrogen and oxygen atoms in total. The lowest BCUT2D eigenvalue weighted by molar-refractivity contribution is 0.110. The Morgan fingerprint density at radius 2 is 2.16 bits per heavy atom. The van der Waals surface area contributed by atoms with Gasteiger partial charge in [0.15, 0.2) is 5.76 Å². The Morgan fingerprint density at radius 3 is 2.68 bits per heavy atom. The van der Waals surface area contributed by atoms with E-state index in [-0.39, 0.29) is 6.03 Å². The number of aryl methyl sites for hydroxylation is 2. The van der Waals surface area contributed by atoms with Crippen molar-refractivity contribution in [1.29, 1.82) is 0 Å². The van der Waals surface area contributed by atoms with E-state index in [1.807, 2.05) is 11.8 Å². The first-order valence-electron chi connectivity index (χ1n) is 6.59. The highest BCUT2D eigenvalue weighted by molar-refractivity contribution is 5.90. The number of methoxy groups -OCH3 is 1. The van der Waals surface area contributed by atoms with Gasteiger partial charge in [0.05, 0.1) is 0 Å². The molecule has 0 bridgehead atoms. The molecule has 2 rings (SSSR count). The summed E-state index contributed by atoms with van der Waals surface area (Å²) < 4.78 is 10.2. The molecule has 0 aliphatic carbocycles. The van der Waals surface area contributed by atoms with Gasteiger partial charge in [0.2, 0.25) is 0 Å². The van der Waals surface area contributed by atoms with Crippen LogP contribution in [0, 0.1) is 19.8 Å². The van der Waals surface area contributed by atoms with E-state index < -0.39 is 0 Å². The fraction of sp³-hybridized carbons (Fsp3) is 0.692. The molecule has 1 saturated heterocycles. The lowest BCUT2D eigenvalue weighted by Crippen LogP contribution is -2.41. The van der Waals surface area contributed by atoms with Crippen LogP contribution in [-0.4, -0.2) is 42.9 Å². The average molecular weight is 267 g/mol. The fourth-order valence-electron chi connectivity index (χ4n) is 2.39. The van der Waals surface area contributed by atoms with Crippen LogP contribution in [0.15, 0.2) is 4.52 Å². The van der Waals surface area contributed by atoms with Gasteiger partial charge < -0.3 is 19.5 Å². The van der Waals surface area contributed by atoms with Crippen molar-refractivity contribution in [3.05, 3.63) is 11.5 Å². The summed E-state index contributed by atoms with van der Waals surface area (Å²) in [5.74, 6) is 1.20. The van der Waals surface area contributed by atoms with Crippen LogP contribution in [0.2, 0.25) is 0 Å². The van der Waals surface area contributed by atoms with Crippen molar-refractivity contribution in [1.82, 2.24) is 10.1 Å². The number of hydrogen-bond donors (Lipinski definition) is 1. The molecule has 0 radical (unpaired) electrons. The maximum atomic E-state index is 12.1. The van der Waals surface area contributed by atoms with E-state index in [1.165, 1.54) is 0 Å². The Kier molecular flexibility index (Phi) is 4.42. The van der Waals surface area contributed by atoms with E-state index in [1.54, 1.807) is 14.0 Å². The normalized spacial score (nSPS) is 16.7. The van der Waals surface area contributed by atoms with Gasteiger partial charge in [0, 0.05) is 26.8 Å². The number of hydrogen-bond acceptors (Lipinski definition) is 4. The number of rotatable bonds is 3. The van der Waals surface area contributed by atoms with Crippen molar-refractivity contribution in [2.75, 3.05) is 32.1 Å². The predicted molar refractivity (Wildman–Crippen MR) is 71.2 cm³/mol. The van der Waals surface area contributed by atoms with Gasteiger partial charge >= 0.3 is 6.03 Å². The van der Waals surface area contributed by atoms with Crippen molar-refractivity contribution in [2.45, 2.75) is 26.7 Å². The number of carbonyl (C=O) groups is 1. The lowest BCUT2D eigenvalue weighted by Gasteiger charge is -2.31. The molecule has 1 N–H and O–H groups in total. The number of anilines is 1. The van der Waals surface area contributed by atoms with Gasteiger partial charge in [0.25, 0.3) is 0 Å². The second kappa shape index (κ2) is 6.06. The Bertz CT molecular complexity index is 417. The highest BCUT2D eigenvalue weighted by Gasteiger charge is 2.24. The highest BCUT2D eigenvalue weighted by atomic mass is 16.5. The summed E-state index contributed by atoms with van der Waals surface area (Å²) in [6, 6.07) is -0.0785. The molecule has 0 saturated carbocycles. The first-order valence-corrected chi connectivity index (χ1v) is 6.59. The SMILES string of the molecule is COCC1CCN(C(=O)Nc2c(C)noc2C)CC1. The second-order valence-corrected chi connectivity index (χ2v) is 5.02. The minimum Gasteiger partial charge on any atom is -0.384 e. The maximum absolute atomic E-state index is 12.1. The minimum atomic E-state index is -0.0785. The molecule has 1 fully saturated rings. The molecule has 1 aromatic rings. The number of urea groups is 1. The third kappa shape index (κ3) is 3.26. The molecule has 1 aliphatic heterocycles. The summed E-state index contributed by atoms with van der Waals surface area (Å²) >= 11 is 0. The summed E-state index contributed by atoms with van der Waals surface area (Å²) in [5.41, 5.74) is 1.39. The zero-order valence-corrected chi connectivity index (χ0v) is 11.7. The van der Waals surface area contributed by atoms with E-state index in [4.69, 9.17) is 9.26 Å². The van der Waals surface area contributed by atoms with Crippen LogP contribution >= 0.6 is 0 Å².